The Bertz CT molecular complexity index is 598. The number of rotatable bonds is 6. The van der Waals surface area contributed by atoms with Gasteiger partial charge in [-0.1, -0.05) is 23.7 Å². The van der Waals surface area contributed by atoms with Crippen LogP contribution in [0.2, 0.25) is 5.02 Å². The first-order chi connectivity index (χ1) is 9.66. The van der Waals surface area contributed by atoms with Crippen LogP contribution in [0.3, 0.4) is 0 Å². The quantitative estimate of drug-likeness (QED) is 0.506. The van der Waals surface area contributed by atoms with Crippen LogP contribution in [-0.4, -0.2) is 29.1 Å². The monoisotopic (exact) mass is 309 g/mol. The number of H-pyrrole nitrogens is 1. The number of Topliss-reactive ketones (excluding diaryl/α,β-unsaturated/α-hetero) is 1. The minimum atomic E-state index is -0.449. The Morgan fingerprint density at radius 2 is 2.00 bits per heavy atom. The number of benzene rings is 1. The summed E-state index contributed by atoms with van der Waals surface area (Å²) in [6, 6.07) is 10.6. The normalized spacial score (nSPS) is 10.2. The maximum absolute atomic E-state index is 11.6. The standard InChI is InChI=1S/C14H12ClNO3S/c15-10-4-1-2-6-13(10)20-9-14(18)19-8-12(17)11-5-3-7-16-11/h1-7,16H,8-9H2. The molecule has 0 atom stereocenters. The van der Waals surface area contributed by atoms with Gasteiger partial charge in [-0.05, 0) is 24.3 Å². The molecule has 0 saturated carbocycles. The SMILES string of the molecule is O=C(CSc1ccccc1Cl)OCC(=O)c1ccc[nH]1. The van der Waals surface area contributed by atoms with Gasteiger partial charge in [0.2, 0.25) is 5.78 Å². The third-order valence-electron chi connectivity index (χ3n) is 2.44. The summed E-state index contributed by atoms with van der Waals surface area (Å²) in [5.74, 6) is -0.595. The number of aromatic nitrogens is 1. The Hall–Kier alpha value is -1.72. The number of aromatic amines is 1. The van der Waals surface area contributed by atoms with Crippen molar-refractivity contribution in [1.82, 2.24) is 4.98 Å². The number of hydrogen-bond donors (Lipinski definition) is 1. The van der Waals surface area contributed by atoms with E-state index in [-0.39, 0.29) is 18.1 Å². The van der Waals surface area contributed by atoms with Gasteiger partial charge in [0.25, 0.3) is 0 Å². The number of halogens is 1. The zero-order chi connectivity index (χ0) is 14.4. The van der Waals surface area contributed by atoms with Crippen molar-refractivity contribution in [1.29, 1.82) is 0 Å². The molecule has 0 saturated heterocycles. The molecule has 0 bridgehead atoms. The Balaban J connectivity index is 1.76. The van der Waals surface area contributed by atoms with Gasteiger partial charge in [0.05, 0.1) is 16.5 Å². The lowest BCUT2D eigenvalue weighted by Gasteiger charge is -2.04. The van der Waals surface area contributed by atoms with Crippen molar-refractivity contribution >= 4 is 35.1 Å². The largest absolute Gasteiger partial charge is 0.457 e. The Morgan fingerprint density at radius 1 is 1.20 bits per heavy atom. The van der Waals surface area contributed by atoms with Crippen LogP contribution in [0, 0.1) is 0 Å². The molecule has 0 spiro atoms. The minimum Gasteiger partial charge on any atom is -0.457 e. The van der Waals surface area contributed by atoms with E-state index in [0.29, 0.717) is 10.7 Å². The van der Waals surface area contributed by atoms with Crippen molar-refractivity contribution in [2.24, 2.45) is 0 Å². The average molecular weight is 310 g/mol. The second-order valence-corrected chi connectivity index (χ2v) is 5.31. The number of ketones is 1. The first kappa shape index (κ1) is 14.7. The molecule has 0 unspecified atom stereocenters. The second kappa shape index (κ2) is 7.17. The molecule has 104 valence electrons. The third-order valence-corrected chi connectivity index (χ3v) is 3.93. The van der Waals surface area contributed by atoms with Crippen LogP contribution in [0.1, 0.15) is 10.5 Å². The molecule has 0 amide bonds. The van der Waals surface area contributed by atoms with E-state index in [1.54, 1.807) is 24.4 Å². The van der Waals surface area contributed by atoms with E-state index in [4.69, 9.17) is 16.3 Å². The first-order valence-corrected chi connectivity index (χ1v) is 7.22. The summed E-state index contributed by atoms with van der Waals surface area (Å²) in [6.07, 6.45) is 1.64. The van der Waals surface area contributed by atoms with E-state index in [9.17, 15) is 9.59 Å². The highest BCUT2D eigenvalue weighted by Gasteiger charge is 2.11. The van der Waals surface area contributed by atoms with E-state index in [2.05, 4.69) is 4.98 Å². The van der Waals surface area contributed by atoms with Gasteiger partial charge in [-0.25, -0.2) is 0 Å². The van der Waals surface area contributed by atoms with E-state index >= 15 is 0 Å². The van der Waals surface area contributed by atoms with Gasteiger partial charge in [0, 0.05) is 11.1 Å². The van der Waals surface area contributed by atoms with Gasteiger partial charge in [0.15, 0.2) is 6.61 Å². The summed E-state index contributed by atoms with van der Waals surface area (Å²) < 4.78 is 4.92. The van der Waals surface area contributed by atoms with Crippen LogP contribution in [0.4, 0.5) is 0 Å². The molecule has 20 heavy (non-hydrogen) atoms. The molecule has 1 N–H and O–H groups in total. The fourth-order valence-corrected chi connectivity index (χ4v) is 2.50. The lowest BCUT2D eigenvalue weighted by atomic mass is 10.3. The number of carbonyl (C=O) groups is 2. The third kappa shape index (κ3) is 4.15. The second-order valence-electron chi connectivity index (χ2n) is 3.89. The minimum absolute atomic E-state index is 0.113. The highest BCUT2D eigenvalue weighted by atomic mass is 35.5. The molecular formula is C14H12ClNO3S. The molecule has 0 aliphatic carbocycles. The van der Waals surface area contributed by atoms with Gasteiger partial charge >= 0.3 is 5.97 Å². The predicted octanol–water partition coefficient (Wildman–Crippen LogP) is 3.19. The van der Waals surface area contributed by atoms with Crippen LogP contribution in [-0.2, 0) is 9.53 Å². The maximum atomic E-state index is 11.6. The van der Waals surface area contributed by atoms with Gasteiger partial charge in [-0.2, -0.15) is 0 Å². The van der Waals surface area contributed by atoms with Crippen molar-refractivity contribution in [3.05, 3.63) is 53.3 Å². The smallest absolute Gasteiger partial charge is 0.316 e. The van der Waals surface area contributed by atoms with Crippen LogP contribution in [0.15, 0.2) is 47.5 Å². The average Bonchev–Trinajstić information content (AvgIpc) is 2.98. The topological polar surface area (TPSA) is 59.2 Å². The number of ether oxygens (including phenoxy) is 1. The van der Waals surface area contributed by atoms with Crippen molar-refractivity contribution < 1.29 is 14.3 Å². The number of carbonyl (C=O) groups excluding carboxylic acids is 2. The zero-order valence-electron chi connectivity index (χ0n) is 10.5. The molecule has 6 heteroatoms. The highest BCUT2D eigenvalue weighted by molar-refractivity contribution is 8.00. The van der Waals surface area contributed by atoms with Crippen molar-refractivity contribution in [3.8, 4) is 0 Å². The molecular weight excluding hydrogens is 298 g/mol. The summed E-state index contributed by atoms with van der Waals surface area (Å²) in [6.45, 7) is -0.261. The molecule has 1 aromatic heterocycles. The van der Waals surface area contributed by atoms with Gasteiger partial charge < -0.3 is 9.72 Å². The van der Waals surface area contributed by atoms with E-state index in [1.165, 1.54) is 11.8 Å². The fraction of sp³-hybridized carbons (Fsp3) is 0.143. The zero-order valence-corrected chi connectivity index (χ0v) is 12.0. The van der Waals surface area contributed by atoms with Crippen molar-refractivity contribution in [2.75, 3.05) is 12.4 Å². The molecule has 1 aromatic carbocycles. The molecule has 0 fully saturated rings. The van der Waals surface area contributed by atoms with Crippen molar-refractivity contribution in [3.63, 3.8) is 0 Å². The number of nitrogens with one attached hydrogen (secondary N) is 1. The lowest BCUT2D eigenvalue weighted by Crippen LogP contribution is -2.15. The van der Waals surface area contributed by atoms with Crippen LogP contribution in [0.5, 0.6) is 0 Å². The number of thioether (sulfide) groups is 1. The number of hydrogen-bond acceptors (Lipinski definition) is 4. The summed E-state index contributed by atoms with van der Waals surface area (Å²) in [5.41, 5.74) is 0.427. The fourth-order valence-electron chi connectivity index (χ4n) is 1.47. The molecule has 2 rings (SSSR count). The molecule has 2 aromatic rings. The van der Waals surface area contributed by atoms with Gasteiger partial charge in [-0.3, -0.25) is 9.59 Å². The maximum Gasteiger partial charge on any atom is 0.316 e. The Morgan fingerprint density at radius 3 is 2.70 bits per heavy atom. The highest BCUT2D eigenvalue weighted by Crippen LogP contribution is 2.26. The van der Waals surface area contributed by atoms with E-state index in [0.717, 1.165) is 4.90 Å². The molecule has 0 aliphatic heterocycles. The van der Waals surface area contributed by atoms with E-state index < -0.39 is 5.97 Å². The first-order valence-electron chi connectivity index (χ1n) is 5.86. The molecule has 0 aliphatic rings. The van der Waals surface area contributed by atoms with Gasteiger partial charge in [-0.15, -0.1) is 11.8 Å². The molecule has 1 heterocycles. The molecule has 4 nitrogen and oxygen atoms in total. The van der Waals surface area contributed by atoms with Crippen molar-refractivity contribution in [2.45, 2.75) is 4.90 Å². The summed E-state index contributed by atoms with van der Waals surface area (Å²) >= 11 is 7.25. The summed E-state index contributed by atoms with van der Waals surface area (Å²) in [5, 5.41) is 0.591. The van der Waals surface area contributed by atoms with Crippen LogP contribution in [0.25, 0.3) is 0 Å². The summed E-state index contributed by atoms with van der Waals surface area (Å²) in [7, 11) is 0. The van der Waals surface area contributed by atoms with Crippen LogP contribution >= 0.6 is 23.4 Å². The van der Waals surface area contributed by atoms with E-state index in [1.807, 2.05) is 18.2 Å². The lowest BCUT2D eigenvalue weighted by molar-refractivity contribution is -0.139. The van der Waals surface area contributed by atoms with Gasteiger partial charge in [0.1, 0.15) is 0 Å². The number of esters is 1. The molecule has 0 radical (unpaired) electrons. The van der Waals surface area contributed by atoms with Crippen LogP contribution < -0.4 is 0 Å². The Labute approximate surface area is 125 Å². The Kier molecular flexibility index (Phi) is 5.26. The predicted molar refractivity (Wildman–Crippen MR) is 78.3 cm³/mol. The summed E-state index contributed by atoms with van der Waals surface area (Å²) in [4.78, 5) is 26.7.